The Kier molecular flexibility index (Phi) is 4.79. The van der Waals surface area contributed by atoms with Crippen LogP contribution < -0.4 is 11.1 Å². The fourth-order valence-corrected chi connectivity index (χ4v) is 2.82. The van der Waals surface area contributed by atoms with Gasteiger partial charge in [-0.1, -0.05) is 11.6 Å². The van der Waals surface area contributed by atoms with Crippen LogP contribution in [0, 0.1) is 5.41 Å². The number of hydrogen-bond acceptors (Lipinski definition) is 3. The van der Waals surface area contributed by atoms with Crippen LogP contribution in [0.2, 0.25) is 4.34 Å². The van der Waals surface area contributed by atoms with Crippen LogP contribution in [-0.4, -0.2) is 12.5 Å². The molecular weight excluding hydrogens is 312 g/mol. The Morgan fingerprint density at radius 1 is 1.69 bits per heavy atom. The number of carbonyl (C=O) groups is 1. The number of primary amides is 1. The van der Waals surface area contributed by atoms with E-state index in [0.29, 0.717) is 13.1 Å². The second kappa shape index (κ2) is 5.49. The van der Waals surface area contributed by atoms with Crippen molar-refractivity contribution < 1.29 is 4.79 Å². The number of nitrogens with two attached hydrogens (primary N) is 1. The molecule has 3 N–H and O–H groups in total. The Hall–Kier alpha value is -0.100. The van der Waals surface area contributed by atoms with Gasteiger partial charge >= 0.3 is 0 Å². The van der Waals surface area contributed by atoms with E-state index in [4.69, 9.17) is 17.3 Å². The minimum absolute atomic E-state index is 0.301. The summed E-state index contributed by atoms with van der Waals surface area (Å²) < 4.78 is 1.65. The van der Waals surface area contributed by atoms with E-state index in [-0.39, 0.29) is 5.91 Å². The molecule has 16 heavy (non-hydrogen) atoms. The Morgan fingerprint density at radius 3 is 2.75 bits per heavy atom. The minimum Gasteiger partial charge on any atom is -0.369 e. The predicted molar refractivity (Wildman–Crippen MR) is 71.7 cm³/mol. The SMILES string of the molecule is CC(C)(CNCc1cc(Br)c(Cl)s1)C(N)=O. The molecule has 1 rings (SSSR count). The monoisotopic (exact) mass is 324 g/mol. The quantitative estimate of drug-likeness (QED) is 0.874. The largest absolute Gasteiger partial charge is 0.369 e. The fourth-order valence-electron chi connectivity index (χ4n) is 1.06. The van der Waals surface area contributed by atoms with Crippen LogP contribution >= 0.6 is 38.9 Å². The first-order valence-electron chi connectivity index (χ1n) is 4.77. The summed E-state index contributed by atoms with van der Waals surface area (Å²) >= 11 is 10.8. The molecule has 1 heterocycles. The summed E-state index contributed by atoms with van der Waals surface area (Å²) in [5, 5.41) is 3.19. The van der Waals surface area contributed by atoms with E-state index in [1.54, 1.807) is 0 Å². The molecule has 0 spiro atoms. The summed E-state index contributed by atoms with van der Waals surface area (Å²) in [4.78, 5) is 12.2. The normalized spacial score (nSPS) is 11.8. The van der Waals surface area contributed by atoms with Gasteiger partial charge in [0.1, 0.15) is 4.34 Å². The topological polar surface area (TPSA) is 55.1 Å². The number of rotatable bonds is 5. The van der Waals surface area contributed by atoms with E-state index >= 15 is 0 Å². The van der Waals surface area contributed by atoms with Gasteiger partial charge in [0.25, 0.3) is 0 Å². The maximum absolute atomic E-state index is 11.1. The van der Waals surface area contributed by atoms with Gasteiger partial charge in [-0.3, -0.25) is 4.79 Å². The lowest BCUT2D eigenvalue weighted by atomic mass is 9.93. The highest BCUT2D eigenvalue weighted by atomic mass is 79.9. The Morgan fingerprint density at radius 2 is 2.31 bits per heavy atom. The van der Waals surface area contributed by atoms with Gasteiger partial charge in [-0.25, -0.2) is 0 Å². The molecule has 0 atom stereocenters. The van der Waals surface area contributed by atoms with Crippen molar-refractivity contribution in [3.63, 3.8) is 0 Å². The molecule has 1 aromatic rings. The van der Waals surface area contributed by atoms with Crippen LogP contribution in [0.3, 0.4) is 0 Å². The van der Waals surface area contributed by atoms with Crippen LogP contribution in [-0.2, 0) is 11.3 Å². The van der Waals surface area contributed by atoms with Gasteiger partial charge in [0.2, 0.25) is 5.91 Å². The molecule has 3 nitrogen and oxygen atoms in total. The van der Waals surface area contributed by atoms with Crippen molar-refractivity contribution in [3.05, 3.63) is 19.8 Å². The Labute approximate surface area is 112 Å². The fraction of sp³-hybridized carbons (Fsp3) is 0.500. The molecule has 0 unspecified atom stereocenters. The molecule has 0 fully saturated rings. The number of thiophene rings is 1. The highest BCUT2D eigenvalue weighted by Gasteiger charge is 2.24. The second-order valence-corrected chi connectivity index (χ2v) is 6.78. The van der Waals surface area contributed by atoms with E-state index in [0.717, 1.165) is 13.7 Å². The molecule has 0 bridgehead atoms. The lowest BCUT2D eigenvalue weighted by Gasteiger charge is -2.20. The van der Waals surface area contributed by atoms with Gasteiger partial charge in [-0.15, -0.1) is 11.3 Å². The summed E-state index contributed by atoms with van der Waals surface area (Å²) in [7, 11) is 0. The molecule has 1 aromatic heterocycles. The smallest absolute Gasteiger partial charge is 0.224 e. The number of carbonyl (C=O) groups excluding carboxylic acids is 1. The highest BCUT2D eigenvalue weighted by Crippen LogP contribution is 2.31. The molecular formula is C10H14BrClN2OS. The zero-order valence-electron chi connectivity index (χ0n) is 9.14. The second-order valence-electron chi connectivity index (χ2n) is 4.19. The van der Waals surface area contributed by atoms with Crippen molar-refractivity contribution in [2.45, 2.75) is 20.4 Å². The molecule has 0 aliphatic heterocycles. The van der Waals surface area contributed by atoms with Gasteiger partial charge < -0.3 is 11.1 Å². The number of hydrogen-bond donors (Lipinski definition) is 2. The maximum atomic E-state index is 11.1. The molecule has 1 amide bonds. The van der Waals surface area contributed by atoms with Crippen molar-refractivity contribution in [3.8, 4) is 0 Å². The van der Waals surface area contributed by atoms with Gasteiger partial charge in [0.05, 0.1) is 5.41 Å². The van der Waals surface area contributed by atoms with Gasteiger partial charge in [-0.05, 0) is 35.8 Å². The molecule has 0 aliphatic rings. The summed E-state index contributed by atoms with van der Waals surface area (Å²) in [6.07, 6.45) is 0. The van der Waals surface area contributed by atoms with Crippen molar-refractivity contribution in [2.75, 3.05) is 6.54 Å². The van der Waals surface area contributed by atoms with E-state index in [9.17, 15) is 4.79 Å². The lowest BCUT2D eigenvalue weighted by Crippen LogP contribution is -2.40. The van der Waals surface area contributed by atoms with Crippen molar-refractivity contribution in [2.24, 2.45) is 11.1 Å². The summed E-state index contributed by atoms with van der Waals surface area (Å²) in [5.41, 5.74) is 4.74. The van der Waals surface area contributed by atoms with Crippen LogP contribution in [0.4, 0.5) is 0 Å². The molecule has 90 valence electrons. The van der Waals surface area contributed by atoms with E-state index in [1.807, 2.05) is 19.9 Å². The van der Waals surface area contributed by atoms with E-state index in [1.165, 1.54) is 11.3 Å². The summed E-state index contributed by atoms with van der Waals surface area (Å²) in [6.45, 7) is 4.88. The first kappa shape index (κ1) is 14.0. The third-order valence-corrected chi connectivity index (χ3v) is 4.70. The van der Waals surface area contributed by atoms with Gasteiger partial charge in [0, 0.05) is 22.4 Å². The molecule has 0 aliphatic carbocycles. The molecule has 6 heteroatoms. The van der Waals surface area contributed by atoms with Crippen LogP contribution in [0.1, 0.15) is 18.7 Å². The summed E-state index contributed by atoms with van der Waals surface area (Å²) in [6, 6.07) is 1.97. The standard InChI is InChI=1S/C10H14BrClN2OS/c1-10(2,9(13)15)5-14-4-6-3-7(11)8(12)16-6/h3,14H,4-5H2,1-2H3,(H2,13,15). The Balaban J connectivity index is 2.44. The predicted octanol–water partition coefficient (Wildman–Crippen LogP) is 2.77. The van der Waals surface area contributed by atoms with Crippen molar-refractivity contribution in [1.29, 1.82) is 0 Å². The zero-order valence-corrected chi connectivity index (χ0v) is 12.3. The average molecular weight is 326 g/mol. The highest BCUT2D eigenvalue weighted by molar-refractivity contribution is 9.10. The van der Waals surface area contributed by atoms with E-state index in [2.05, 4.69) is 21.2 Å². The summed E-state index contributed by atoms with van der Waals surface area (Å²) in [5.74, 6) is -0.301. The first-order valence-corrected chi connectivity index (χ1v) is 6.76. The molecule has 0 saturated carbocycles. The van der Waals surface area contributed by atoms with Crippen LogP contribution in [0.25, 0.3) is 0 Å². The molecule has 0 radical (unpaired) electrons. The van der Waals surface area contributed by atoms with Crippen LogP contribution in [0.15, 0.2) is 10.5 Å². The zero-order chi connectivity index (χ0) is 12.3. The van der Waals surface area contributed by atoms with E-state index < -0.39 is 5.41 Å². The lowest BCUT2D eigenvalue weighted by molar-refractivity contribution is -0.125. The van der Waals surface area contributed by atoms with Crippen molar-refractivity contribution >= 4 is 44.8 Å². The number of nitrogens with one attached hydrogen (secondary N) is 1. The minimum atomic E-state index is -0.529. The van der Waals surface area contributed by atoms with Crippen LogP contribution in [0.5, 0.6) is 0 Å². The first-order chi connectivity index (χ1) is 7.33. The number of amides is 1. The molecule has 0 saturated heterocycles. The third-order valence-electron chi connectivity index (χ3n) is 2.23. The van der Waals surface area contributed by atoms with Crippen molar-refractivity contribution in [1.82, 2.24) is 5.32 Å². The Bertz CT molecular complexity index is 373. The van der Waals surface area contributed by atoms with Gasteiger partial charge in [-0.2, -0.15) is 0 Å². The number of halogens is 2. The maximum Gasteiger partial charge on any atom is 0.224 e. The van der Waals surface area contributed by atoms with Gasteiger partial charge in [0.15, 0.2) is 0 Å². The molecule has 0 aromatic carbocycles. The third kappa shape index (κ3) is 3.73. The average Bonchev–Trinajstić information content (AvgIpc) is 2.45.